The molecule has 0 aliphatic rings. The number of amides is 3. The van der Waals surface area contributed by atoms with E-state index in [9.17, 15) is 29.1 Å². The van der Waals surface area contributed by atoms with Crippen LogP contribution in [0.3, 0.4) is 0 Å². The number of ether oxygens (including phenoxy) is 11. The van der Waals surface area contributed by atoms with Crippen molar-refractivity contribution >= 4 is 58.1 Å². The van der Waals surface area contributed by atoms with Gasteiger partial charge in [0.15, 0.2) is 0 Å². The Balaban J connectivity index is 0.000000590. The van der Waals surface area contributed by atoms with Crippen LogP contribution in [0.25, 0.3) is 21.2 Å². The number of hydrogen-bond donors (Lipinski definition) is 3. The Bertz CT molecular complexity index is 2340. The number of halogens is 1. The number of nitrogens with zero attached hydrogens (tertiary/aromatic N) is 4. The van der Waals surface area contributed by atoms with E-state index in [0.717, 1.165) is 72.2 Å². The summed E-state index contributed by atoms with van der Waals surface area (Å²) in [5.74, 6) is 0.846. The first-order valence-electron chi connectivity index (χ1n) is 29.5. The third-order valence-corrected chi connectivity index (χ3v) is 12.3. The molecule has 0 spiro atoms. The van der Waals surface area contributed by atoms with Crippen molar-refractivity contribution < 1.29 is 81.2 Å². The Kier molecular flexibility index (Phi) is 45.9. The van der Waals surface area contributed by atoms with E-state index in [1.807, 2.05) is 75.4 Å². The monoisotopic (exact) mass is 1220 g/mol. The SMILES string of the molecule is CCCC(=O)OC/C=C/COC(=O)NCCOCCOCCOC(=O)CCCOCCOCCCCCCCl.CCOCCOCCOC(=O)NCCN(Cc1ccc(N=[N+]=[N-])c(C)c1)C(=O)CCCC[C@H](O)COc1cccc2ccccc12. The lowest BCUT2D eigenvalue weighted by Gasteiger charge is -2.24. The molecule has 0 bridgehead atoms. The van der Waals surface area contributed by atoms with Gasteiger partial charge in [0.25, 0.3) is 0 Å². The minimum atomic E-state index is -0.659. The van der Waals surface area contributed by atoms with Gasteiger partial charge in [-0.1, -0.05) is 85.9 Å². The van der Waals surface area contributed by atoms with Gasteiger partial charge in [-0.05, 0) is 92.6 Å². The summed E-state index contributed by atoms with van der Waals surface area (Å²) in [7, 11) is 0. The zero-order chi connectivity index (χ0) is 61.6. The standard InChI is InChI=1S/C34H45N5O7.C27H48ClNO10/c1-3-43-19-20-44-21-22-45-34(42)36-17-18-39(24-27-15-16-31(37-38-35)26(2)23-27)33(41)14-7-5-11-29(40)25-46-32-13-8-10-28-9-4-6-12-30(28)32;1-2-10-25(30)37-16-7-8-17-39-27(32)29-13-18-35-21-22-36-23-24-38-26(31)11-9-15-34-20-19-33-14-6-4-3-5-12-28/h4,6,8-10,12-13,15-16,23,29,40H,3,5,7,11,14,17-22,24-25H2,1-2H3,(H,36,42);7-8H,2-6,9-24H2,1H3,(H,29,32)/b;8-7+/t29-;/m0./s1. The highest BCUT2D eigenvalue weighted by Crippen LogP contribution is 2.26. The molecule has 24 heteroatoms. The van der Waals surface area contributed by atoms with E-state index in [-0.39, 0.29) is 83.6 Å². The van der Waals surface area contributed by atoms with Crippen LogP contribution in [0.5, 0.6) is 5.75 Å². The van der Waals surface area contributed by atoms with Crippen molar-refractivity contribution in [2.24, 2.45) is 5.11 Å². The van der Waals surface area contributed by atoms with Crippen LogP contribution in [-0.2, 0) is 68.3 Å². The van der Waals surface area contributed by atoms with Crippen molar-refractivity contribution in [3.63, 3.8) is 0 Å². The predicted molar refractivity (Wildman–Crippen MR) is 323 cm³/mol. The number of azide groups is 1. The van der Waals surface area contributed by atoms with E-state index >= 15 is 0 Å². The molecular weight excluding hydrogens is 1120 g/mol. The van der Waals surface area contributed by atoms with Crippen LogP contribution in [-0.4, -0.2) is 184 Å². The molecule has 0 aromatic heterocycles. The molecule has 0 fully saturated rings. The number of alkyl carbamates (subject to hydrolysis) is 2. The summed E-state index contributed by atoms with van der Waals surface area (Å²) in [6, 6.07) is 19.2. The topological polar surface area (TPSA) is 283 Å². The Morgan fingerprint density at radius 2 is 1.27 bits per heavy atom. The van der Waals surface area contributed by atoms with E-state index in [0.29, 0.717) is 117 Å². The number of carbonyl (C=O) groups is 5. The molecule has 0 saturated carbocycles. The van der Waals surface area contributed by atoms with Crippen LogP contribution in [0, 0.1) is 6.92 Å². The lowest BCUT2D eigenvalue weighted by molar-refractivity contribution is -0.146. The van der Waals surface area contributed by atoms with Crippen molar-refractivity contribution in [1.82, 2.24) is 15.5 Å². The first kappa shape index (κ1) is 74.8. The van der Waals surface area contributed by atoms with Crippen molar-refractivity contribution in [2.45, 2.75) is 110 Å². The van der Waals surface area contributed by atoms with Gasteiger partial charge in [-0.15, -0.1) is 11.6 Å². The molecule has 0 heterocycles. The second kappa shape index (κ2) is 52.1. The molecule has 0 radical (unpaired) electrons. The molecule has 85 heavy (non-hydrogen) atoms. The summed E-state index contributed by atoms with van der Waals surface area (Å²) >= 11 is 5.63. The Morgan fingerprint density at radius 3 is 1.99 bits per heavy atom. The van der Waals surface area contributed by atoms with Crippen molar-refractivity contribution in [3.05, 3.63) is 94.4 Å². The number of benzene rings is 3. The summed E-state index contributed by atoms with van der Waals surface area (Å²) in [4.78, 5) is 64.3. The number of alkyl halides is 1. The Morgan fingerprint density at radius 1 is 0.647 bits per heavy atom. The van der Waals surface area contributed by atoms with E-state index in [2.05, 4.69) is 20.7 Å². The Labute approximate surface area is 506 Å². The van der Waals surface area contributed by atoms with Crippen LogP contribution >= 0.6 is 11.6 Å². The fourth-order valence-electron chi connectivity index (χ4n) is 7.65. The van der Waals surface area contributed by atoms with Crippen LogP contribution < -0.4 is 15.4 Å². The molecule has 23 nitrogen and oxygen atoms in total. The quantitative estimate of drug-likeness (QED) is 0.00692. The van der Waals surface area contributed by atoms with Crippen LogP contribution in [0.2, 0.25) is 0 Å². The third kappa shape index (κ3) is 40.6. The minimum Gasteiger partial charge on any atom is -0.490 e. The minimum absolute atomic E-state index is 0.0730. The number of fused-ring (bicyclic) bond motifs is 1. The highest BCUT2D eigenvalue weighted by Gasteiger charge is 2.17. The van der Waals surface area contributed by atoms with Gasteiger partial charge in [0.1, 0.15) is 38.8 Å². The summed E-state index contributed by atoms with van der Waals surface area (Å²) in [6.07, 6.45) is 9.83. The molecule has 476 valence electrons. The maximum atomic E-state index is 13.3. The van der Waals surface area contributed by atoms with Gasteiger partial charge in [0, 0.05) is 87.1 Å². The number of aliphatic hydroxyl groups excluding tert-OH is 1. The van der Waals surface area contributed by atoms with Crippen LogP contribution in [0.4, 0.5) is 15.3 Å². The highest BCUT2D eigenvalue weighted by atomic mass is 35.5. The number of aliphatic hydroxyl groups is 1. The molecule has 3 amide bonds. The second-order valence-electron chi connectivity index (χ2n) is 19.0. The molecule has 0 aliphatic carbocycles. The second-order valence-corrected chi connectivity index (χ2v) is 19.4. The fraction of sp³-hybridized carbons (Fsp3) is 0.623. The third-order valence-electron chi connectivity index (χ3n) is 12.1. The van der Waals surface area contributed by atoms with Gasteiger partial charge in [0.2, 0.25) is 5.91 Å². The number of hydrogen-bond acceptors (Lipinski definition) is 18. The maximum absolute atomic E-state index is 13.3. The van der Waals surface area contributed by atoms with Crippen molar-refractivity contribution in [3.8, 4) is 5.75 Å². The molecule has 0 saturated heterocycles. The number of nitrogens with one attached hydrogen (secondary N) is 2. The molecule has 3 aromatic rings. The van der Waals surface area contributed by atoms with Gasteiger partial charge >= 0.3 is 24.1 Å². The van der Waals surface area contributed by atoms with Crippen LogP contribution in [0.15, 0.2) is 77.9 Å². The summed E-state index contributed by atoms with van der Waals surface area (Å²) < 4.78 is 58.2. The van der Waals surface area contributed by atoms with Crippen LogP contribution in [0.1, 0.15) is 102 Å². The van der Waals surface area contributed by atoms with Gasteiger partial charge < -0.3 is 72.7 Å². The Hall–Kier alpha value is -6.27. The fourth-order valence-corrected chi connectivity index (χ4v) is 7.84. The normalized spacial score (nSPS) is 11.3. The van der Waals surface area contributed by atoms with E-state index < -0.39 is 18.3 Å². The lowest BCUT2D eigenvalue weighted by atomic mass is 10.1. The van der Waals surface area contributed by atoms with Gasteiger partial charge in [-0.3, -0.25) is 14.4 Å². The smallest absolute Gasteiger partial charge is 0.407 e. The average molecular weight is 1220 g/mol. The maximum Gasteiger partial charge on any atom is 0.407 e. The van der Waals surface area contributed by atoms with Crippen molar-refractivity contribution in [1.29, 1.82) is 0 Å². The van der Waals surface area contributed by atoms with Gasteiger partial charge in [0.05, 0.1) is 65.6 Å². The number of unbranched alkanes of at least 4 members (excludes halogenated alkanes) is 4. The molecule has 3 aromatic carbocycles. The zero-order valence-electron chi connectivity index (χ0n) is 50.2. The summed E-state index contributed by atoms with van der Waals surface area (Å²) in [5, 5.41) is 21.5. The molecule has 1 atom stereocenters. The number of aryl methyl sites for hydroxylation is 1. The number of esters is 2. The average Bonchev–Trinajstić information content (AvgIpc) is 3.57. The largest absolute Gasteiger partial charge is 0.490 e. The molecule has 0 aliphatic heterocycles. The van der Waals surface area contributed by atoms with E-state index in [1.165, 1.54) is 0 Å². The van der Waals surface area contributed by atoms with E-state index in [1.54, 1.807) is 23.1 Å². The van der Waals surface area contributed by atoms with Gasteiger partial charge in [-0.2, -0.15) is 0 Å². The number of rotatable bonds is 49. The van der Waals surface area contributed by atoms with Crippen molar-refractivity contribution in [2.75, 3.05) is 138 Å². The molecular formula is C61H93ClN6O17. The molecule has 3 rings (SSSR count). The summed E-state index contributed by atoms with van der Waals surface area (Å²) in [6.45, 7) is 12.8. The summed E-state index contributed by atoms with van der Waals surface area (Å²) in [5.41, 5.74) is 11.0. The zero-order valence-corrected chi connectivity index (χ0v) is 50.9. The molecule has 0 unspecified atom stereocenters. The van der Waals surface area contributed by atoms with E-state index in [4.69, 9.17) is 69.2 Å². The first-order chi connectivity index (χ1) is 41.5. The lowest BCUT2D eigenvalue weighted by Crippen LogP contribution is -2.38. The molecule has 3 N–H and O–H groups in total. The van der Waals surface area contributed by atoms with Gasteiger partial charge in [-0.25, -0.2) is 9.59 Å². The predicted octanol–water partition coefficient (Wildman–Crippen LogP) is 10.00. The first-order valence-corrected chi connectivity index (χ1v) is 30.0. The highest BCUT2D eigenvalue weighted by molar-refractivity contribution is 6.17. The number of carbonyl (C=O) groups excluding carboxylic acids is 5.